The van der Waals surface area contributed by atoms with E-state index in [1.54, 1.807) is 0 Å². The number of hydrogen-bond donors (Lipinski definition) is 3. The number of carbonyl (C=O) groups excluding carboxylic acids is 4. The first kappa shape index (κ1) is 99.1. The highest BCUT2D eigenvalue weighted by atomic mass is 31.2. The zero-order chi connectivity index (χ0) is 74.4. The first-order valence-corrected chi connectivity index (χ1v) is 45.4. The van der Waals surface area contributed by atoms with E-state index in [1.807, 2.05) is 0 Å². The van der Waals surface area contributed by atoms with Crippen LogP contribution in [0, 0.1) is 17.8 Å². The summed E-state index contributed by atoms with van der Waals surface area (Å²) in [4.78, 5) is 73.0. The molecule has 101 heavy (non-hydrogen) atoms. The lowest BCUT2D eigenvalue weighted by Gasteiger charge is -2.21. The van der Waals surface area contributed by atoms with Crippen LogP contribution >= 0.6 is 15.6 Å². The number of rotatable bonds is 80. The first-order valence-electron chi connectivity index (χ1n) is 42.4. The second-order valence-electron chi connectivity index (χ2n) is 30.5. The molecule has 0 aromatic rings. The normalized spacial score (nSPS) is 14.5. The van der Waals surface area contributed by atoms with Gasteiger partial charge in [0.2, 0.25) is 0 Å². The third-order valence-electron chi connectivity index (χ3n) is 19.9. The number of phosphoric ester groups is 2. The summed E-state index contributed by atoms with van der Waals surface area (Å²) in [5, 5.41) is 10.6. The van der Waals surface area contributed by atoms with Crippen LogP contribution in [-0.4, -0.2) is 96.7 Å². The first-order chi connectivity index (χ1) is 48.8. The topological polar surface area (TPSA) is 237 Å². The van der Waals surface area contributed by atoms with Crippen LogP contribution in [0.1, 0.15) is 427 Å². The summed E-state index contributed by atoms with van der Waals surface area (Å²) in [6, 6.07) is 0. The average Bonchev–Trinajstić information content (AvgIpc) is 0.942. The maximum atomic E-state index is 13.1. The predicted molar refractivity (Wildman–Crippen MR) is 414 cm³/mol. The zero-order valence-corrected chi connectivity index (χ0v) is 68.2. The number of aliphatic hydroxyl groups is 1. The quantitative estimate of drug-likeness (QED) is 0.0222. The van der Waals surface area contributed by atoms with Crippen LogP contribution in [0.5, 0.6) is 0 Å². The molecule has 0 bridgehead atoms. The highest BCUT2D eigenvalue weighted by Gasteiger charge is 2.30. The van der Waals surface area contributed by atoms with E-state index in [2.05, 4.69) is 48.5 Å². The second-order valence-corrected chi connectivity index (χ2v) is 33.4. The Hall–Kier alpha value is -1.94. The van der Waals surface area contributed by atoms with Crippen LogP contribution in [0.3, 0.4) is 0 Å². The van der Waals surface area contributed by atoms with Crippen molar-refractivity contribution in [1.82, 2.24) is 0 Å². The van der Waals surface area contributed by atoms with E-state index in [1.165, 1.54) is 238 Å². The SMILES string of the molecule is CCCCCCCCCCCCCCCCCCC(=O)OC[C@H](COP(=O)(O)OC[C@@H](O)COP(=O)(O)OC[C@@H](COC(=O)CCCCCCCCCCC(C)C)OC(=O)CCCCCCCCCCC(C)CC)OC(=O)CCCCCCCCCCCCCCCCCCCCC(C)CC. The molecule has 0 aromatic heterocycles. The Morgan fingerprint density at radius 3 is 0.752 bits per heavy atom. The molecule has 0 spiro atoms. The van der Waals surface area contributed by atoms with E-state index >= 15 is 0 Å². The molecule has 0 rings (SSSR count). The van der Waals surface area contributed by atoms with Gasteiger partial charge in [-0.2, -0.15) is 0 Å². The third kappa shape index (κ3) is 73.4. The summed E-state index contributed by atoms with van der Waals surface area (Å²) in [7, 11) is -9.92. The molecule has 4 unspecified atom stereocenters. The van der Waals surface area contributed by atoms with Crippen LogP contribution in [0.25, 0.3) is 0 Å². The largest absolute Gasteiger partial charge is 0.472 e. The van der Waals surface area contributed by atoms with E-state index < -0.39 is 97.5 Å². The Labute approximate surface area is 619 Å². The van der Waals surface area contributed by atoms with Gasteiger partial charge < -0.3 is 33.8 Å². The minimum Gasteiger partial charge on any atom is -0.462 e. The van der Waals surface area contributed by atoms with Crippen molar-refractivity contribution in [1.29, 1.82) is 0 Å². The lowest BCUT2D eigenvalue weighted by atomic mass is 9.99. The summed E-state index contributed by atoms with van der Waals surface area (Å²) in [5.41, 5.74) is 0. The Morgan fingerprint density at radius 1 is 0.287 bits per heavy atom. The number of carbonyl (C=O) groups is 4. The standard InChI is InChI=1S/C82H160O17P2/c1-8-11-12-13-14-15-16-17-18-24-27-30-33-42-49-56-63-79(84)92-69-77(98-81(86)65-58-51-44-34-31-28-25-22-20-19-21-23-26-29-32-40-47-54-61-74(6)9-2)71-96-100(88,89)94-67-76(83)68-95-101(90,91)97-72-78(70-93-80(85)64-57-50-43-37-35-39-46-53-60-73(4)5)99-82(87)66-59-52-45-38-36-41-48-55-62-75(7)10-3/h73-78,83H,8-72H2,1-7H3,(H,88,89)(H,90,91)/t74?,75?,76-,77-,78-/m1/s1. The number of unbranched alkanes of at least 4 members (excludes halogenated alkanes) is 46. The molecular formula is C82H160O17P2. The van der Waals surface area contributed by atoms with E-state index in [9.17, 15) is 43.2 Å². The maximum absolute atomic E-state index is 13.1. The summed E-state index contributed by atoms with van der Waals surface area (Å²) in [6.07, 6.45) is 61.1. The summed E-state index contributed by atoms with van der Waals surface area (Å²) < 4.78 is 68.7. The molecule has 0 saturated carbocycles. The van der Waals surface area contributed by atoms with Crippen molar-refractivity contribution in [2.45, 2.75) is 446 Å². The van der Waals surface area contributed by atoms with Gasteiger partial charge in [-0.25, -0.2) is 9.13 Å². The molecule has 0 amide bonds. The maximum Gasteiger partial charge on any atom is 0.472 e. The number of ether oxygens (including phenoxy) is 4. The molecule has 7 atom stereocenters. The molecule has 0 fully saturated rings. The Morgan fingerprint density at radius 2 is 0.505 bits per heavy atom. The Kier molecular flexibility index (Phi) is 70.9. The van der Waals surface area contributed by atoms with E-state index in [0.717, 1.165) is 108 Å². The van der Waals surface area contributed by atoms with Gasteiger partial charge >= 0.3 is 39.5 Å². The van der Waals surface area contributed by atoms with Gasteiger partial charge in [-0.3, -0.25) is 37.3 Å². The van der Waals surface area contributed by atoms with Gasteiger partial charge in [-0.1, -0.05) is 376 Å². The predicted octanol–water partition coefficient (Wildman–Crippen LogP) is 24.5. The van der Waals surface area contributed by atoms with Crippen LogP contribution in [-0.2, 0) is 65.4 Å². The number of phosphoric acid groups is 2. The van der Waals surface area contributed by atoms with E-state index in [4.69, 9.17) is 37.0 Å². The molecule has 600 valence electrons. The molecule has 0 aliphatic heterocycles. The molecule has 17 nitrogen and oxygen atoms in total. The summed E-state index contributed by atoms with van der Waals surface area (Å²) in [5.74, 6) is 0.255. The molecule has 0 saturated heterocycles. The van der Waals surface area contributed by atoms with Gasteiger partial charge in [0, 0.05) is 25.7 Å². The fourth-order valence-electron chi connectivity index (χ4n) is 12.6. The van der Waals surface area contributed by atoms with Crippen LogP contribution in [0.4, 0.5) is 0 Å². The molecule has 19 heteroatoms. The minimum absolute atomic E-state index is 0.105. The number of esters is 4. The van der Waals surface area contributed by atoms with Gasteiger partial charge in [0.25, 0.3) is 0 Å². The van der Waals surface area contributed by atoms with Crippen LogP contribution in [0.15, 0.2) is 0 Å². The van der Waals surface area contributed by atoms with Gasteiger partial charge in [-0.15, -0.1) is 0 Å². The molecule has 0 radical (unpaired) electrons. The van der Waals surface area contributed by atoms with Crippen molar-refractivity contribution >= 4 is 39.5 Å². The fourth-order valence-corrected chi connectivity index (χ4v) is 14.2. The highest BCUT2D eigenvalue weighted by Crippen LogP contribution is 2.45. The number of aliphatic hydroxyl groups excluding tert-OH is 1. The molecule has 0 heterocycles. The average molecular weight is 1480 g/mol. The van der Waals surface area contributed by atoms with Crippen molar-refractivity contribution < 1.29 is 80.2 Å². The lowest BCUT2D eigenvalue weighted by molar-refractivity contribution is -0.161. The third-order valence-corrected chi connectivity index (χ3v) is 21.8. The summed E-state index contributed by atoms with van der Waals surface area (Å²) in [6.45, 7) is 12.0. The van der Waals surface area contributed by atoms with Crippen molar-refractivity contribution in [3.63, 3.8) is 0 Å². The molecule has 0 aromatic carbocycles. The monoisotopic (exact) mass is 1480 g/mol. The van der Waals surface area contributed by atoms with E-state index in [-0.39, 0.29) is 25.7 Å². The summed E-state index contributed by atoms with van der Waals surface area (Å²) >= 11 is 0. The molecule has 0 aliphatic rings. The van der Waals surface area contributed by atoms with Gasteiger partial charge in [-0.05, 0) is 43.4 Å². The van der Waals surface area contributed by atoms with Crippen LogP contribution < -0.4 is 0 Å². The van der Waals surface area contributed by atoms with Gasteiger partial charge in [0.1, 0.15) is 19.3 Å². The lowest BCUT2D eigenvalue weighted by Crippen LogP contribution is -2.30. The van der Waals surface area contributed by atoms with Crippen molar-refractivity contribution in [3.05, 3.63) is 0 Å². The second kappa shape index (κ2) is 72.3. The van der Waals surface area contributed by atoms with E-state index in [0.29, 0.717) is 25.7 Å². The minimum atomic E-state index is -4.96. The Balaban J connectivity index is 5.22. The fraction of sp³-hybridized carbons (Fsp3) is 0.951. The zero-order valence-electron chi connectivity index (χ0n) is 66.4. The van der Waals surface area contributed by atoms with Gasteiger partial charge in [0.05, 0.1) is 26.4 Å². The van der Waals surface area contributed by atoms with Crippen molar-refractivity contribution in [2.24, 2.45) is 17.8 Å². The highest BCUT2D eigenvalue weighted by molar-refractivity contribution is 7.47. The Bertz CT molecular complexity index is 1960. The molecular weight excluding hydrogens is 1320 g/mol. The number of hydrogen-bond acceptors (Lipinski definition) is 15. The van der Waals surface area contributed by atoms with Crippen molar-refractivity contribution in [3.8, 4) is 0 Å². The van der Waals surface area contributed by atoms with Crippen LogP contribution in [0.2, 0.25) is 0 Å². The smallest absolute Gasteiger partial charge is 0.462 e. The molecule has 0 aliphatic carbocycles. The molecule has 3 N–H and O–H groups in total. The van der Waals surface area contributed by atoms with Crippen molar-refractivity contribution in [2.75, 3.05) is 39.6 Å². The van der Waals surface area contributed by atoms with Gasteiger partial charge in [0.15, 0.2) is 12.2 Å².